The predicted molar refractivity (Wildman–Crippen MR) is 609 cm³/mol. The first-order valence-corrected chi connectivity index (χ1v) is 49.5. The molecule has 0 aliphatic rings. The van der Waals surface area contributed by atoms with Crippen molar-refractivity contribution in [2.75, 3.05) is 0 Å². The van der Waals surface area contributed by atoms with Crippen molar-refractivity contribution in [3.63, 3.8) is 0 Å². The van der Waals surface area contributed by atoms with Crippen LogP contribution in [0.2, 0.25) is 0 Å². The molecule has 0 atom stereocenters. The highest BCUT2D eigenvalue weighted by Crippen LogP contribution is 2.46. The fraction of sp³-hybridized carbons (Fsp3) is 0. The van der Waals surface area contributed by atoms with Crippen molar-refractivity contribution in [2.45, 2.75) is 0 Å². The summed E-state index contributed by atoms with van der Waals surface area (Å²) in [5.74, 6) is 0. The summed E-state index contributed by atoms with van der Waals surface area (Å²) in [6.07, 6.45) is 0. The first-order chi connectivity index (χ1) is 71.4. The zero-order chi connectivity index (χ0) is 95.1. The molecule has 0 saturated carbocycles. The lowest BCUT2D eigenvalue weighted by Crippen LogP contribution is -1.94. The summed E-state index contributed by atoms with van der Waals surface area (Å²) in [5, 5.41) is 15.1. The third-order valence-corrected chi connectivity index (χ3v) is 29.2. The molecule has 0 unspecified atom stereocenters. The Morgan fingerprint density at radius 3 is 0.438 bits per heavy atom. The van der Waals surface area contributed by atoms with E-state index < -0.39 is 0 Å². The first-order valence-electron chi connectivity index (χ1n) is 49.5. The van der Waals surface area contributed by atoms with Crippen LogP contribution in [0.1, 0.15) is 0 Å². The summed E-state index contributed by atoms with van der Waals surface area (Å²) in [4.78, 5) is 0. The Morgan fingerprint density at radius 1 is 0.0764 bits per heavy atom. The van der Waals surface area contributed by atoms with Crippen LogP contribution in [0.3, 0.4) is 0 Å². The van der Waals surface area contributed by atoms with Crippen molar-refractivity contribution < 1.29 is 0 Å². The molecule has 144 heavy (non-hydrogen) atoms. The van der Waals surface area contributed by atoms with Gasteiger partial charge in [-0.1, -0.05) is 376 Å². The van der Waals surface area contributed by atoms with E-state index in [-0.39, 0.29) is 0 Å². The molecule has 23 aromatic carbocycles. The molecule has 0 spiro atoms. The minimum Gasteiger partial charge on any atom is -0.309 e. The van der Waals surface area contributed by atoms with Crippen LogP contribution in [-0.2, 0) is 0 Å². The maximum atomic E-state index is 2.42. The number of hydrogen-bond donors (Lipinski definition) is 0. The van der Waals surface area contributed by atoms with Gasteiger partial charge < -0.3 is 27.4 Å². The molecule has 6 nitrogen and oxygen atoms in total. The Bertz CT molecular complexity index is 9930. The molecule has 0 amide bonds. The van der Waals surface area contributed by atoms with Gasteiger partial charge in [-0.25, -0.2) is 0 Å². The van der Waals surface area contributed by atoms with Crippen molar-refractivity contribution in [1.29, 1.82) is 0 Å². The van der Waals surface area contributed by atoms with Gasteiger partial charge in [0.15, 0.2) is 0 Å². The fourth-order valence-electron chi connectivity index (χ4n) is 22.3. The van der Waals surface area contributed by atoms with Crippen LogP contribution in [0, 0.1) is 0 Å². The summed E-state index contributed by atoms with van der Waals surface area (Å²) >= 11 is 0. The van der Waals surface area contributed by atoms with E-state index in [0.29, 0.717) is 0 Å². The Morgan fingerprint density at radius 2 is 0.215 bits per heavy atom. The van der Waals surface area contributed by atoms with Crippen LogP contribution in [0.5, 0.6) is 0 Å². The Kier molecular flexibility index (Phi) is 20.9. The highest BCUT2D eigenvalue weighted by atomic mass is 15.0. The van der Waals surface area contributed by atoms with Gasteiger partial charge in [0.2, 0.25) is 0 Å². The molecule has 0 fully saturated rings. The third-order valence-electron chi connectivity index (χ3n) is 29.2. The summed E-state index contributed by atoms with van der Waals surface area (Å²) in [6.45, 7) is 0. The minimum absolute atomic E-state index is 1.15. The molecular weight excluding hydrogens is 1740 g/mol. The van der Waals surface area contributed by atoms with E-state index in [1.54, 1.807) is 0 Å². The number of benzene rings is 23. The third kappa shape index (κ3) is 14.8. The second kappa shape index (κ2) is 35.7. The number of nitrogens with zero attached hydrogens (tertiary/aromatic N) is 6. The van der Waals surface area contributed by atoms with E-state index >= 15 is 0 Å². The number of rotatable bonds is 14. The van der Waals surface area contributed by atoms with Gasteiger partial charge in [-0.3, -0.25) is 0 Å². The second-order valence-corrected chi connectivity index (χ2v) is 37.4. The average molecular weight is 1830 g/mol. The number of para-hydroxylation sites is 7. The van der Waals surface area contributed by atoms with E-state index in [0.717, 1.165) is 17.1 Å². The van der Waals surface area contributed by atoms with Crippen LogP contribution in [0.25, 0.3) is 254 Å². The van der Waals surface area contributed by atoms with Gasteiger partial charge in [0, 0.05) is 98.8 Å². The standard InChI is InChI=1S/2C48H32N2.C42H28N2/c1-4-12-33(13-5-1)35-20-25-40(26-21-35)49-45-19-11-10-18-41(45)43-30-36(23-28-46(43)49)37-24-29-47-44(31-37)42-27-22-38(34-14-6-2-7-15-34)32-48(42)50(47)39-16-8-3-9-17-39;1-4-12-33(13-5-1)35-20-25-40(26-21-35)50-47-29-24-37(31-44(47)42-27-22-38(32-48(42)50)34-14-6-2-7-15-34)36-23-28-46-43(30-36)41-18-10-11-19-45(41)49(46)39-16-8-3-9-17-39;1-4-12-29(13-5-1)32-20-23-36-38-27-31(22-25-41(38)44(42(36)28-32)34-16-8-3-9-17-34)30-21-24-40-37(26-30)35-18-10-11-19-39(35)43(40)33-14-6-2-7-15-33/h2*1-32H;1-28H. The topological polar surface area (TPSA) is 29.6 Å². The fourth-order valence-corrected chi connectivity index (χ4v) is 22.3. The van der Waals surface area contributed by atoms with Gasteiger partial charge in [0.25, 0.3) is 0 Å². The quantitative estimate of drug-likeness (QED) is 0.104. The molecule has 0 radical (unpaired) electrons. The van der Waals surface area contributed by atoms with Crippen molar-refractivity contribution in [1.82, 2.24) is 27.4 Å². The lowest BCUT2D eigenvalue weighted by Gasteiger charge is -2.11. The Hall–Kier alpha value is -19.1. The number of aromatic nitrogens is 6. The molecule has 29 aromatic rings. The lowest BCUT2D eigenvalue weighted by atomic mass is 9.99. The first kappa shape index (κ1) is 84.2. The highest BCUT2D eigenvalue weighted by molar-refractivity contribution is 6.18. The van der Waals surface area contributed by atoms with Gasteiger partial charge in [0.05, 0.1) is 66.2 Å². The Balaban J connectivity index is 0.000000108. The summed E-state index contributed by atoms with van der Waals surface area (Å²) < 4.78 is 14.4. The average Bonchev–Trinajstić information content (AvgIpc) is 1.59. The number of hydrogen-bond acceptors (Lipinski definition) is 0. The van der Waals surface area contributed by atoms with Crippen LogP contribution in [-0.4, -0.2) is 27.4 Å². The van der Waals surface area contributed by atoms with Gasteiger partial charge in [0.1, 0.15) is 0 Å². The summed E-state index contributed by atoms with van der Waals surface area (Å²) in [6, 6.07) is 202. The van der Waals surface area contributed by atoms with Gasteiger partial charge in [-0.15, -0.1) is 0 Å². The zero-order valence-corrected chi connectivity index (χ0v) is 78.8. The molecule has 6 heterocycles. The van der Waals surface area contributed by atoms with Crippen molar-refractivity contribution in [3.05, 3.63) is 558 Å². The maximum absolute atomic E-state index is 2.42. The molecular formula is C138H92N6. The van der Waals surface area contributed by atoms with Gasteiger partial charge in [-0.05, 0) is 271 Å². The monoisotopic (exact) mass is 1830 g/mol. The smallest absolute Gasteiger partial charge is 0.0547 e. The van der Waals surface area contributed by atoms with Crippen molar-refractivity contribution in [3.8, 4) is 123 Å². The zero-order valence-electron chi connectivity index (χ0n) is 78.8. The van der Waals surface area contributed by atoms with Crippen LogP contribution < -0.4 is 0 Å². The second-order valence-electron chi connectivity index (χ2n) is 37.4. The van der Waals surface area contributed by atoms with Crippen LogP contribution in [0.15, 0.2) is 558 Å². The predicted octanol–water partition coefficient (Wildman–Crippen LogP) is 37.0. The van der Waals surface area contributed by atoms with E-state index in [4.69, 9.17) is 0 Å². The van der Waals surface area contributed by atoms with E-state index in [2.05, 4.69) is 586 Å². The van der Waals surface area contributed by atoms with Gasteiger partial charge in [-0.2, -0.15) is 0 Å². The highest BCUT2D eigenvalue weighted by Gasteiger charge is 2.24. The van der Waals surface area contributed by atoms with E-state index in [1.807, 2.05) is 0 Å². The molecule has 0 N–H and O–H groups in total. The lowest BCUT2D eigenvalue weighted by molar-refractivity contribution is 1.18. The molecule has 0 saturated heterocycles. The molecule has 29 rings (SSSR count). The SMILES string of the molecule is c1ccc(-c2ccc(-n3c4ccc(-c5ccc6c(c5)c5ccccc5n6-c5ccccc5)cc4c4ccc(-c5ccccc5)cc43)cc2)cc1.c1ccc(-c2ccc(-n3c4ccccc4c4cc(-c5ccc6c(c5)c5ccc(-c7ccccc7)cc5n6-c5ccccc5)ccc43)cc2)cc1.c1ccc(-c2ccc3c4cc(-c5ccc6c(c5)c5ccccc5n6-c5ccccc5)ccc4n(-c4ccccc4)c3c2)cc1. The van der Waals surface area contributed by atoms with Crippen LogP contribution in [0.4, 0.5) is 0 Å². The summed E-state index contributed by atoms with van der Waals surface area (Å²) in [7, 11) is 0. The molecule has 0 aliphatic carbocycles. The van der Waals surface area contributed by atoms with E-state index in [1.165, 1.54) is 237 Å². The normalized spacial score (nSPS) is 11.6. The molecule has 674 valence electrons. The van der Waals surface area contributed by atoms with Crippen LogP contribution >= 0.6 is 0 Å². The molecule has 6 aromatic heterocycles. The van der Waals surface area contributed by atoms with Gasteiger partial charge >= 0.3 is 0 Å². The van der Waals surface area contributed by atoms with Crippen molar-refractivity contribution >= 4 is 131 Å². The minimum atomic E-state index is 1.15. The Labute approximate surface area is 833 Å². The van der Waals surface area contributed by atoms with Crippen molar-refractivity contribution in [2.24, 2.45) is 0 Å². The molecule has 0 aliphatic heterocycles. The summed E-state index contributed by atoms with van der Waals surface area (Å²) in [5.41, 5.74) is 41.0. The largest absolute Gasteiger partial charge is 0.309 e. The van der Waals surface area contributed by atoms with E-state index in [9.17, 15) is 0 Å². The maximum Gasteiger partial charge on any atom is 0.0547 e. The molecule has 0 bridgehead atoms. The molecule has 6 heteroatoms. The number of fused-ring (bicyclic) bond motifs is 18.